The zero-order chi connectivity index (χ0) is 17.9. The smallest absolute Gasteiger partial charge is 0.227 e. The first kappa shape index (κ1) is 17.5. The van der Waals surface area contributed by atoms with E-state index in [-0.39, 0.29) is 6.04 Å². The lowest BCUT2D eigenvalue weighted by Gasteiger charge is -2.19. The molecule has 0 spiro atoms. The van der Waals surface area contributed by atoms with Crippen LogP contribution < -0.4 is 15.9 Å². The molecule has 1 aromatic heterocycles. The average Bonchev–Trinajstić information content (AvgIpc) is 3.33. The molecule has 1 aliphatic heterocycles. The number of ether oxygens (including phenoxy) is 1. The van der Waals surface area contributed by atoms with Crippen LogP contribution in [-0.2, 0) is 4.74 Å². The number of hydrogen-bond donors (Lipinski definition) is 0. The fraction of sp³-hybridized carbons (Fsp3) is 0.227. The first-order valence-electron chi connectivity index (χ1n) is 8.92. The highest BCUT2D eigenvalue weighted by molar-refractivity contribution is 7.80. The Kier molecular flexibility index (Phi) is 5.19. The summed E-state index contributed by atoms with van der Waals surface area (Å²) in [5.41, 5.74) is 0. The fourth-order valence-electron chi connectivity index (χ4n) is 3.08. The lowest BCUT2D eigenvalue weighted by molar-refractivity contribution is 0.292. The molecule has 2 nitrogen and oxygen atoms in total. The summed E-state index contributed by atoms with van der Waals surface area (Å²) in [6.45, 7) is 5.10. The molecule has 1 aliphatic rings. The second kappa shape index (κ2) is 7.73. The minimum atomic E-state index is -0.626. The number of benzene rings is 2. The topological polar surface area (TPSA) is 21.6 Å². The fourth-order valence-corrected chi connectivity index (χ4v) is 6.67. The number of hydrogen-bond acceptors (Lipinski definition) is 3. The molecule has 0 bridgehead atoms. The van der Waals surface area contributed by atoms with E-state index in [0.29, 0.717) is 12.5 Å². The largest absolute Gasteiger partial charge is 0.475 e. The lowest BCUT2D eigenvalue weighted by atomic mass is 10.1. The highest BCUT2D eigenvalue weighted by Gasteiger charge is 2.28. The summed E-state index contributed by atoms with van der Waals surface area (Å²) in [5, 5.41) is 6.21. The van der Waals surface area contributed by atoms with Gasteiger partial charge in [-0.25, -0.2) is 4.99 Å². The molecule has 2 heterocycles. The minimum Gasteiger partial charge on any atom is -0.475 e. The van der Waals surface area contributed by atoms with Crippen LogP contribution in [0.5, 0.6) is 0 Å². The molecule has 0 aliphatic carbocycles. The van der Waals surface area contributed by atoms with Crippen LogP contribution in [-0.4, -0.2) is 18.5 Å². The van der Waals surface area contributed by atoms with E-state index < -0.39 is 7.92 Å². The van der Waals surface area contributed by atoms with Crippen LogP contribution in [0.3, 0.4) is 0 Å². The van der Waals surface area contributed by atoms with Crippen molar-refractivity contribution in [1.29, 1.82) is 0 Å². The molecule has 4 rings (SSSR count). The highest BCUT2D eigenvalue weighted by Crippen LogP contribution is 2.36. The van der Waals surface area contributed by atoms with Gasteiger partial charge in [0.05, 0.1) is 10.9 Å². The van der Waals surface area contributed by atoms with Crippen LogP contribution in [0, 0.1) is 5.92 Å². The maximum absolute atomic E-state index is 6.00. The van der Waals surface area contributed by atoms with Crippen molar-refractivity contribution < 1.29 is 4.74 Å². The number of thiophene rings is 1. The Bertz CT molecular complexity index is 849. The molecule has 0 radical (unpaired) electrons. The third-order valence-electron chi connectivity index (χ3n) is 4.55. The van der Waals surface area contributed by atoms with Crippen molar-refractivity contribution in [3.05, 3.63) is 77.0 Å². The molecule has 3 aromatic rings. The van der Waals surface area contributed by atoms with Crippen molar-refractivity contribution in [1.82, 2.24) is 0 Å². The van der Waals surface area contributed by atoms with Crippen LogP contribution in [0.4, 0.5) is 0 Å². The number of aliphatic imine (C=N–C) groups is 1. The third-order valence-corrected chi connectivity index (χ3v) is 8.09. The standard InChI is InChI=1S/C22H22NOPS/c1-16(2)19-15-24-22(23-19)21-20(13-14-26-21)25(17-9-5-3-6-10-17)18-11-7-4-8-12-18/h3-14,16,19H,15H2,1-2H3/t19-/m1/s1. The summed E-state index contributed by atoms with van der Waals surface area (Å²) < 4.78 is 6.00. The minimum absolute atomic E-state index is 0.264. The molecule has 0 N–H and O–H groups in total. The van der Waals surface area contributed by atoms with Crippen molar-refractivity contribution in [3.8, 4) is 0 Å². The molecular weight excluding hydrogens is 357 g/mol. The Morgan fingerprint density at radius 3 is 2.12 bits per heavy atom. The monoisotopic (exact) mass is 379 g/mol. The zero-order valence-corrected chi connectivity index (χ0v) is 16.7. The summed E-state index contributed by atoms with van der Waals surface area (Å²) in [6.07, 6.45) is 0. The second-order valence-corrected chi connectivity index (χ2v) is 9.80. The molecular formula is C22H22NOPS. The molecule has 132 valence electrons. The molecule has 26 heavy (non-hydrogen) atoms. The molecule has 2 aromatic carbocycles. The van der Waals surface area contributed by atoms with Crippen LogP contribution in [0.15, 0.2) is 77.1 Å². The molecule has 0 unspecified atom stereocenters. The van der Waals surface area contributed by atoms with E-state index in [2.05, 4.69) is 86.0 Å². The van der Waals surface area contributed by atoms with Crippen molar-refractivity contribution in [2.24, 2.45) is 10.9 Å². The van der Waals surface area contributed by atoms with E-state index in [1.54, 1.807) is 11.3 Å². The van der Waals surface area contributed by atoms with Gasteiger partial charge in [-0.1, -0.05) is 74.5 Å². The molecule has 0 fully saturated rings. The first-order chi connectivity index (χ1) is 12.7. The Hall–Kier alpha value is -1.96. The van der Waals surface area contributed by atoms with E-state index in [1.807, 2.05) is 0 Å². The van der Waals surface area contributed by atoms with Crippen LogP contribution in [0.1, 0.15) is 18.7 Å². The van der Waals surface area contributed by atoms with Crippen molar-refractivity contribution in [2.45, 2.75) is 19.9 Å². The van der Waals surface area contributed by atoms with Gasteiger partial charge in [-0.15, -0.1) is 11.3 Å². The van der Waals surface area contributed by atoms with Gasteiger partial charge in [0.25, 0.3) is 0 Å². The molecule has 1 atom stereocenters. The summed E-state index contributed by atoms with van der Waals surface area (Å²) >= 11 is 1.74. The van der Waals surface area contributed by atoms with Crippen molar-refractivity contribution in [3.63, 3.8) is 0 Å². The predicted octanol–water partition coefficient (Wildman–Crippen LogP) is 4.31. The van der Waals surface area contributed by atoms with Gasteiger partial charge < -0.3 is 4.74 Å². The van der Waals surface area contributed by atoms with E-state index in [1.165, 1.54) is 20.8 Å². The first-order valence-corrected chi connectivity index (χ1v) is 11.1. The Balaban J connectivity index is 1.79. The third kappa shape index (κ3) is 3.47. The maximum atomic E-state index is 6.00. The molecule has 0 saturated carbocycles. The summed E-state index contributed by atoms with van der Waals surface area (Å²) in [6, 6.07) is 24.1. The van der Waals surface area contributed by atoms with Crippen LogP contribution in [0.2, 0.25) is 0 Å². The Labute approximate surface area is 160 Å². The molecule has 0 saturated heterocycles. The number of rotatable bonds is 5. The summed E-state index contributed by atoms with van der Waals surface area (Å²) in [7, 11) is -0.626. The van der Waals surface area contributed by atoms with Crippen molar-refractivity contribution >= 4 is 41.1 Å². The maximum Gasteiger partial charge on any atom is 0.227 e. The summed E-state index contributed by atoms with van der Waals surface area (Å²) in [5.74, 6) is 1.33. The van der Waals surface area contributed by atoms with E-state index in [9.17, 15) is 0 Å². The molecule has 4 heteroatoms. The van der Waals surface area contributed by atoms with Crippen LogP contribution in [0.25, 0.3) is 0 Å². The van der Waals surface area contributed by atoms with Gasteiger partial charge in [-0.2, -0.15) is 0 Å². The Morgan fingerprint density at radius 2 is 1.58 bits per heavy atom. The van der Waals surface area contributed by atoms with Gasteiger partial charge in [0.1, 0.15) is 6.61 Å². The summed E-state index contributed by atoms with van der Waals surface area (Å²) in [4.78, 5) is 6.06. The van der Waals surface area contributed by atoms with Gasteiger partial charge >= 0.3 is 0 Å². The Morgan fingerprint density at radius 1 is 0.962 bits per heavy atom. The highest BCUT2D eigenvalue weighted by atomic mass is 32.1. The van der Waals surface area contributed by atoms with Gasteiger partial charge in [-0.3, -0.25) is 0 Å². The SMILES string of the molecule is CC(C)[C@H]1COC(c2sccc2P(c2ccccc2)c2ccccc2)=N1. The van der Waals surface area contributed by atoms with Crippen molar-refractivity contribution in [2.75, 3.05) is 6.61 Å². The predicted molar refractivity (Wildman–Crippen MR) is 114 cm³/mol. The van der Waals surface area contributed by atoms with E-state index in [4.69, 9.17) is 9.73 Å². The lowest BCUT2D eigenvalue weighted by Crippen LogP contribution is -2.23. The number of nitrogens with zero attached hydrogens (tertiary/aromatic N) is 1. The van der Waals surface area contributed by atoms with E-state index >= 15 is 0 Å². The van der Waals surface area contributed by atoms with Gasteiger partial charge in [0.15, 0.2) is 0 Å². The quantitative estimate of drug-likeness (QED) is 0.606. The van der Waals surface area contributed by atoms with Gasteiger partial charge in [0, 0.05) is 5.30 Å². The van der Waals surface area contributed by atoms with Gasteiger partial charge in [0.2, 0.25) is 5.90 Å². The second-order valence-electron chi connectivity index (χ2n) is 6.70. The normalized spacial score (nSPS) is 16.8. The zero-order valence-electron chi connectivity index (χ0n) is 15.0. The van der Waals surface area contributed by atoms with E-state index in [0.717, 1.165) is 5.90 Å². The average molecular weight is 379 g/mol. The molecule has 0 amide bonds. The van der Waals surface area contributed by atoms with Crippen LogP contribution >= 0.6 is 19.3 Å². The van der Waals surface area contributed by atoms with Gasteiger partial charge in [-0.05, 0) is 35.9 Å².